The highest BCUT2D eigenvalue weighted by Gasteiger charge is 2.46. The fourth-order valence-electron chi connectivity index (χ4n) is 3.88. The van der Waals surface area contributed by atoms with Gasteiger partial charge in [-0.1, -0.05) is 43.9 Å². The van der Waals surface area contributed by atoms with E-state index in [-0.39, 0.29) is 13.3 Å². The van der Waals surface area contributed by atoms with E-state index in [0.29, 0.717) is 28.4 Å². The molecule has 4 rings (SSSR count). The number of aromatic nitrogens is 2. The first-order chi connectivity index (χ1) is 17.9. The van der Waals surface area contributed by atoms with Gasteiger partial charge >= 0.3 is 12.2 Å². The van der Waals surface area contributed by atoms with Crippen LogP contribution in [0.4, 0.5) is 18.0 Å². The van der Waals surface area contributed by atoms with Crippen molar-refractivity contribution in [1.82, 2.24) is 19.8 Å². The molecule has 0 spiro atoms. The summed E-state index contributed by atoms with van der Waals surface area (Å²) in [6, 6.07) is 12.4. The second kappa shape index (κ2) is 11.4. The van der Waals surface area contributed by atoms with Crippen LogP contribution in [0.5, 0.6) is 0 Å². The second-order valence-corrected chi connectivity index (χ2v) is 17.1. The number of nitrogens with zero attached hydrogens (tertiary/aromatic N) is 4. The molecule has 0 saturated carbocycles. The van der Waals surface area contributed by atoms with E-state index in [9.17, 15) is 22.2 Å². The molecule has 204 valence electrons. The van der Waals surface area contributed by atoms with Gasteiger partial charge in [0, 0.05) is 21.2 Å². The Labute approximate surface area is 222 Å². The Hall–Kier alpha value is -3.03. The zero-order chi connectivity index (χ0) is 27.5. The summed E-state index contributed by atoms with van der Waals surface area (Å²) in [4.78, 5) is 18.4. The first-order valence-electron chi connectivity index (χ1n) is 12.1. The maximum absolute atomic E-state index is 13.0. The number of rotatable bonds is 10. The van der Waals surface area contributed by atoms with E-state index in [0.717, 1.165) is 16.5 Å². The predicted molar refractivity (Wildman–Crippen MR) is 143 cm³/mol. The Kier molecular flexibility index (Phi) is 8.38. The summed E-state index contributed by atoms with van der Waals surface area (Å²) in [5.74, 6) is 0.436. The zero-order valence-corrected chi connectivity index (χ0v) is 23.2. The van der Waals surface area contributed by atoms with E-state index in [1.165, 1.54) is 6.21 Å². The third-order valence-electron chi connectivity index (χ3n) is 6.02. The van der Waals surface area contributed by atoms with Gasteiger partial charge in [0.1, 0.15) is 12.8 Å². The number of imidazole rings is 1. The van der Waals surface area contributed by atoms with Crippen molar-refractivity contribution in [3.63, 3.8) is 0 Å². The molecule has 3 aromatic rings. The van der Waals surface area contributed by atoms with Gasteiger partial charge in [-0.3, -0.25) is 4.57 Å². The van der Waals surface area contributed by atoms with Crippen LogP contribution in [0.15, 0.2) is 57.8 Å². The number of alkyl halides is 3. The van der Waals surface area contributed by atoms with E-state index in [4.69, 9.17) is 4.74 Å². The van der Waals surface area contributed by atoms with Gasteiger partial charge in [0.05, 0.1) is 28.7 Å². The van der Waals surface area contributed by atoms with Gasteiger partial charge in [-0.25, -0.2) is 14.0 Å². The number of amides is 2. The number of halogens is 3. The minimum atomic E-state index is -4.50. The fourth-order valence-corrected chi connectivity index (χ4v) is 5.34. The van der Waals surface area contributed by atoms with Crippen molar-refractivity contribution < 1.29 is 26.9 Å². The average molecular weight is 566 g/mol. The zero-order valence-electron chi connectivity index (χ0n) is 21.4. The molecule has 38 heavy (non-hydrogen) atoms. The Bertz CT molecular complexity index is 1340. The lowest BCUT2D eigenvalue weighted by Crippen LogP contribution is -2.40. The summed E-state index contributed by atoms with van der Waals surface area (Å²) in [5.41, 5.74) is 1.93. The maximum Gasteiger partial charge on any atom is 0.410 e. The molecule has 2 heterocycles. The fraction of sp³-hybridized carbons (Fsp3) is 0.400. The molecular weight excluding hydrogens is 535 g/mol. The molecule has 1 fully saturated rings. The summed E-state index contributed by atoms with van der Waals surface area (Å²) < 4.78 is 63.7. The van der Waals surface area contributed by atoms with Crippen LogP contribution in [-0.2, 0) is 29.0 Å². The van der Waals surface area contributed by atoms with E-state index >= 15 is 0 Å². The number of carbonyl (C=O) groups excluding carboxylic acids is 1. The number of ether oxygens (including phenoxy) is 1. The monoisotopic (exact) mass is 565 g/mol. The molecular formula is C25H30F3N5O3SSi. The minimum Gasteiger partial charge on any atom is -0.361 e. The molecule has 2 amide bonds. The summed E-state index contributed by atoms with van der Waals surface area (Å²) in [6.07, 6.45) is -3.07. The van der Waals surface area contributed by atoms with Gasteiger partial charge in [-0.2, -0.15) is 17.6 Å². The van der Waals surface area contributed by atoms with Gasteiger partial charge in [0.2, 0.25) is 0 Å². The summed E-state index contributed by atoms with van der Waals surface area (Å²) in [7, 11) is -2.90. The predicted octanol–water partition coefficient (Wildman–Crippen LogP) is 4.95. The van der Waals surface area contributed by atoms with Crippen molar-refractivity contribution >= 4 is 42.3 Å². The van der Waals surface area contributed by atoms with Crippen LogP contribution >= 0.6 is 0 Å². The maximum atomic E-state index is 13.0. The molecule has 0 radical (unpaired) electrons. The highest BCUT2D eigenvalue weighted by molar-refractivity contribution is 7.83. The third-order valence-corrected chi connectivity index (χ3v) is 8.70. The van der Waals surface area contributed by atoms with Gasteiger partial charge in [0.15, 0.2) is 16.8 Å². The van der Waals surface area contributed by atoms with Crippen molar-refractivity contribution in [3.05, 3.63) is 59.9 Å². The second-order valence-electron chi connectivity index (χ2n) is 10.3. The normalized spacial score (nSPS) is 17.5. The quantitative estimate of drug-likeness (QED) is 0.214. The summed E-state index contributed by atoms with van der Waals surface area (Å²) >= 11 is 0. The van der Waals surface area contributed by atoms with Gasteiger partial charge in [-0.05, 0) is 35.9 Å². The number of nitrogens with one attached hydrogen (secondary N) is 1. The average Bonchev–Trinajstić information content (AvgIpc) is 3.39. The van der Waals surface area contributed by atoms with Crippen molar-refractivity contribution in [2.75, 3.05) is 13.2 Å². The molecule has 0 bridgehead atoms. The van der Waals surface area contributed by atoms with Crippen molar-refractivity contribution in [1.29, 1.82) is 0 Å². The number of benzene rings is 2. The molecule has 1 N–H and O–H groups in total. The molecule has 13 heteroatoms. The number of fused-ring (bicyclic) bond motifs is 1. The smallest absolute Gasteiger partial charge is 0.361 e. The highest BCUT2D eigenvalue weighted by Crippen LogP contribution is 2.26. The molecule has 1 aliphatic rings. The first kappa shape index (κ1) is 28.0. The number of urea groups is 1. The van der Waals surface area contributed by atoms with Crippen LogP contribution < -0.4 is 5.32 Å². The van der Waals surface area contributed by atoms with E-state index in [2.05, 4.69) is 29.0 Å². The number of hydrogen-bond donors (Lipinski definition) is 1. The van der Waals surface area contributed by atoms with E-state index in [1.54, 1.807) is 42.5 Å². The molecule has 1 aliphatic heterocycles. The highest BCUT2D eigenvalue weighted by atomic mass is 32.2. The van der Waals surface area contributed by atoms with Crippen molar-refractivity contribution in [2.24, 2.45) is 4.40 Å². The molecule has 0 aliphatic carbocycles. The van der Waals surface area contributed by atoms with Crippen molar-refractivity contribution in [2.45, 2.75) is 56.1 Å². The SMILES string of the molecule is C[Si](C)(C)CCOCn1c(/C=N/S(=O)c2ccccc2)nc2cc(CN3C[C@@H](C(F)(F)F)NC3=O)ccc21. The molecule has 8 nitrogen and oxygen atoms in total. The summed E-state index contributed by atoms with van der Waals surface area (Å²) in [6.45, 7) is 7.14. The lowest BCUT2D eigenvalue weighted by molar-refractivity contribution is -0.149. The largest absolute Gasteiger partial charge is 0.410 e. The molecule has 1 aromatic heterocycles. The molecule has 1 saturated heterocycles. The van der Waals surface area contributed by atoms with E-state index in [1.807, 2.05) is 16.0 Å². The Morgan fingerprint density at radius 2 is 1.95 bits per heavy atom. The van der Waals surface area contributed by atoms with Crippen LogP contribution in [-0.4, -0.2) is 64.3 Å². The van der Waals surface area contributed by atoms with Gasteiger partial charge < -0.3 is 15.0 Å². The lowest BCUT2D eigenvalue weighted by atomic mass is 10.2. The van der Waals surface area contributed by atoms with Crippen LogP contribution in [0.2, 0.25) is 25.7 Å². The Morgan fingerprint density at radius 3 is 2.61 bits per heavy atom. The molecule has 2 aromatic carbocycles. The van der Waals surface area contributed by atoms with Crippen LogP contribution in [0.25, 0.3) is 11.0 Å². The van der Waals surface area contributed by atoms with Crippen LogP contribution in [0, 0.1) is 0 Å². The van der Waals surface area contributed by atoms with Gasteiger partial charge in [0.25, 0.3) is 0 Å². The summed E-state index contributed by atoms with van der Waals surface area (Å²) in [5, 5.41) is 1.98. The Morgan fingerprint density at radius 1 is 1.21 bits per heavy atom. The Balaban J connectivity index is 1.57. The minimum absolute atomic E-state index is 0.00930. The number of carbonyl (C=O) groups is 1. The molecule has 2 atom stereocenters. The number of hydrogen-bond acceptors (Lipinski definition) is 4. The van der Waals surface area contributed by atoms with Crippen molar-refractivity contribution in [3.8, 4) is 0 Å². The molecule has 1 unspecified atom stereocenters. The van der Waals surface area contributed by atoms with Crippen LogP contribution in [0.3, 0.4) is 0 Å². The van der Waals surface area contributed by atoms with Crippen LogP contribution in [0.1, 0.15) is 11.4 Å². The lowest BCUT2D eigenvalue weighted by Gasteiger charge is -2.16. The van der Waals surface area contributed by atoms with Gasteiger partial charge in [-0.15, -0.1) is 0 Å². The third kappa shape index (κ3) is 7.08. The topological polar surface area (TPSA) is 88.8 Å². The van der Waals surface area contributed by atoms with E-state index < -0.39 is 43.9 Å². The first-order valence-corrected chi connectivity index (χ1v) is 16.9. The standard InChI is InChI=1S/C25H30F3N5O3SSi/c1-38(2,3)12-11-36-17-33-21-10-9-18(15-32-16-22(25(26,27)28)31-24(32)34)13-20(21)30-23(33)14-29-37(35)19-7-5-4-6-8-19/h4-10,13-14,22H,11-12,15-17H2,1-3H3,(H,31,34)/b29-14+/t22-,37?/m0/s1.